The van der Waals surface area contributed by atoms with E-state index < -0.39 is 0 Å². The second-order valence-corrected chi connectivity index (χ2v) is 7.84. The third-order valence-corrected chi connectivity index (χ3v) is 6.33. The molecule has 110 valence electrons. The van der Waals surface area contributed by atoms with Crippen molar-refractivity contribution in [1.82, 2.24) is 0 Å². The van der Waals surface area contributed by atoms with Crippen LogP contribution in [0.5, 0.6) is 0 Å². The molecule has 2 aliphatic rings. The summed E-state index contributed by atoms with van der Waals surface area (Å²) in [5.74, 6) is 1.88. The van der Waals surface area contributed by atoms with Gasteiger partial charge in [-0.1, -0.05) is 40.5 Å². The molecule has 0 aliphatic heterocycles. The van der Waals surface area contributed by atoms with Crippen molar-refractivity contribution in [3.63, 3.8) is 0 Å². The maximum absolute atomic E-state index is 11.8. The molecule has 0 bridgehead atoms. The smallest absolute Gasteiger partial charge is 0.305 e. The van der Waals surface area contributed by atoms with Crippen LogP contribution in [0.1, 0.15) is 66.2 Å². The first-order valence-electron chi connectivity index (χ1n) is 7.88. The van der Waals surface area contributed by atoms with E-state index in [9.17, 15) is 4.79 Å². The van der Waals surface area contributed by atoms with Gasteiger partial charge in [-0.2, -0.15) is 0 Å². The molecule has 0 amide bonds. The van der Waals surface area contributed by atoms with Crippen LogP contribution in [-0.2, 0) is 9.53 Å². The summed E-state index contributed by atoms with van der Waals surface area (Å²) in [5.41, 5.74) is 0.759. The van der Waals surface area contributed by atoms with E-state index in [0.717, 1.165) is 5.92 Å². The van der Waals surface area contributed by atoms with Gasteiger partial charge in [0.1, 0.15) is 0 Å². The highest BCUT2D eigenvalue weighted by Gasteiger charge is 2.54. The lowest BCUT2D eigenvalue weighted by Gasteiger charge is -2.59. The predicted octanol–water partition coefficient (Wildman–Crippen LogP) is 4.43. The molecule has 0 radical (unpaired) electrons. The highest BCUT2D eigenvalue weighted by Crippen LogP contribution is 2.61. The average molecular weight is 266 g/mol. The fraction of sp³-hybridized carbons (Fsp3) is 0.941. The Kier molecular flexibility index (Phi) is 3.99. The van der Waals surface area contributed by atoms with Crippen molar-refractivity contribution >= 4 is 5.97 Å². The number of carbonyl (C=O) groups excluding carboxylic acids is 1. The Balaban J connectivity index is 2.27. The summed E-state index contributed by atoms with van der Waals surface area (Å²) in [5, 5.41) is 0. The molecule has 0 spiro atoms. The second kappa shape index (κ2) is 5.10. The first-order valence-corrected chi connectivity index (χ1v) is 7.88. The lowest BCUT2D eigenvalue weighted by atomic mass is 9.46. The summed E-state index contributed by atoms with van der Waals surface area (Å²) in [4.78, 5) is 11.8. The summed E-state index contributed by atoms with van der Waals surface area (Å²) in [6.07, 6.45) is 7.15. The van der Waals surface area contributed by atoms with Crippen LogP contribution in [-0.4, -0.2) is 13.1 Å². The van der Waals surface area contributed by atoms with Gasteiger partial charge in [-0.15, -0.1) is 0 Å². The topological polar surface area (TPSA) is 26.3 Å². The van der Waals surface area contributed by atoms with Gasteiger partial charge in [0.2, 0.25) is 0 Å². The molecule has 2 nitrogen and oxygen atoms in total. The van der Waals surface area contributed by atoms with Gasteiger partial charge in [0.05, 0.1) is 7.11 Å². The molecule has 0 N–H and O–H groups in total. The lowest BCUT2D eigenvalue weighted by Crippen LogP contribution is -2.51. The van der Waals surface area contributed by atoms with Gasteiger partial charge in [0, 0.05) is 6.42 Å². The highest BCUT2D eigenvalue weighted by molar-refractivity contribution is 5.69. The fourth-order valence-corrected chi connectivity index (χ4v) is 5.31. The molecule has 4 atom stereocenters. The molecule has 19 heavy (non-hydrogen) atoms. The Labute approximate surface area is 118 Å². The van der Waals surface area contributed by atoms with Crippen molar-refractivity contribution in [3.8, 4) is 0 Å². The summed E-state index contributed by atoms with van der Waals surface area (Å²) >= 11 is 0. The van der Waals surface area contributed by atoms with Crippen LogP contribution >= 0.6 is 0 Å². The second-order valence-electron chi connectivity index (χ2n) is 7.84. The van der Waals surface area contributed by atoms with Crippen molar-refractivity contribution in [3.05, 3.63) is 0 Å². The van der Waals surface area contributed by atoms with Crippen LogP contribution in [0, 0.1) is 28.6 Å². The molecule has 0 aromatic rings. The predicted molar refractivity (Wildman–Crippen MR) is 77.8 cm³/mol. The number of hydrogen-bond acceptors (Lipinski definition) is 2. The van der Waals surface area contributed by atoms with Crippen LogP contribution in [0.3, 0.4) is 0 Å². The minimum atomic E-state index is -0.0258. The molecule has 0 aromatic carbocycles. The van der Waals surface area contributed by atoms with Gasteiger partial charge >= 0.3 is 5.97 Å². The van der Waals surface area contributed by atoms with Crippen LogP contribution in [0.15, 0.2) is 0 Å². The van der Waals surface area contributed by atoms with Crippen LogP contribution in [0.25, 0.3) is 0 Å². The third-order valence-electron chi connectivity index (χ3n) is 6.33. The lowest BCUT2D eigenvalue weighted by molar-refractivity contribution is -0.150. The number of rotatable bonds is 2. The monoisotopic (exact) mass is 266 g/mol. The van der Waals surface area contributed by atoms with Crippen molar-refractivity contribution in [2.75, 3.05) is 7.11 Å². The Hall–Kier alpha value is -0.530. The molecule has 1 unspecified atom stereocenters. The molecule has 2 rings (SSSR count). The largest absolute Gasteiger partial charge is 0.469 e. The van der Waals surface area contributed by atoms with Gasteiger partial charge in [-0.05, 0) is 47.8 Å². The van der Waals surface area contributed by atoms with E-state index in [-0.39, 0.29) is 5.97 Å². The van der Waals surface area contributed by atoms with Crippen LogP contribution in [0.2, 0.25) is 0 Å². The molecule has 0 saturated heterocycles. The van der Waals surface area contributed by atoms with Crippen molar-refractivity contribution < 1.29 is 9.53 Å². The average Bonchev–Trinajstić information content (AvgIpc) is 2.32. The summed E-state index contributed by atoms with van der Waals surface area (Å²) < 4.78 is 4.94. The summed E-state index contributed by atoms with van der Waals surface area (Å²) in [6.45, 7) is 9.64. The van der Waals surface area contributed by atoms with E-state index in [1.54, 1.807) is 0 Å². The van der Waals surface area contributed by atoms with Crippen molar-refractivity contribution in [2.45, 2.75) is 66.2 Å². The molecule has 0 heterocycles. The minimum absolute atomic E-state index is 0.0258. The zero-order valence-electron chi connectivity index (χ0n) is 13.3. The molecular weight excluding hydrogens is 236 g/mol. The number of esters is 1. The Morgan fingerprint density at radius 1 is 1.21 bits per heavy atom. The molecule has 2 saturated carbocycles. The van der Waals surface area contributed by atoms with E-state index in [2.05, 4.69) is 27.7 Å². The van der Waals surface area contributed by atoms with E-state index in [4.69, 9.17) is 4.74 Å². The Bertz CT molecular complexity index is 347. The zero-order valence-corrected chi connectivity index (χ0v) is 13.3. The van der Waals surface area contributed by atoms with Crippen molar-refractivity contribution in [2.24, 2.45) is 28.6 Å². The van der Waals surface area contributed by atoms with Crippen LogP contribution in [0.4, 0.5) is 0 Å². The van der Waals surface area contributed by atoms with E-state index in [1.165, 1.54) is 39.2 Å². The zero-order chi connectivity index (χ0) is 14.3. The normalized spacial score (nSPS) is 41.4. The van der Waals surface area contributed by atoms with Crippen LogP contribution < -0.4 is 0 Å². The van der Waals surface area contributed by atoms with E-state index in [0.29, 0.717) is 29.1 Å². The summed E-state index contributed by atoms with van der Waals surface area (Å²) in [7, 11) is 1.51. The van der Waals surface area contributed by atoms with E-state index in [1.807, 2.05) is 0 Å². The van der Waals surface area contributed by atoms with Gasteiger partial charge < -0.3 is 4.74 Å². The van der Waals surface area contributed by atoms with E-state index >= 15 is 0 Å². The fourth-order valence-electron chi connectivity index (χ4n) is 5.31. The highest BCUT2D eigenvalue weighted by atomic mass is 16.5. The maximum atomic E-state index is 11.8. The van der Waals surface area contributed by atoms with Gasteiger partial charge in [-0.3, -0.25) is 4.79 Å². The number of hydrogen-bond donors (Lipinski definition) is 0. The maximum Gasteiger partial charge on any atom is 0.305 e. The first kappa shape index (κ1) is 14.9. The van der Waals surface area contributed by atoms with Gasteiger partial charge in [0.25, 0.3) is 0 Å². The molecular formula is C17H30O2. The third kappa shape index (κ3) is 2.55. The van der Waals surface area contributed by atoms with Gasteiger partial charge in [0.15, 0.2) is 0 Å². The Morgan fingerprint density at radius 2 is 1.89 bits per heavy atom. The molecule has 2 heteroatoms. The Morgan fingerprint density at radius 3 is 2.53 bits per heavy atom. The number of methoxy groups -OCH3 is 1. The number of ether oxygens (including phenoxy) is 1. The summed E-state index contributed by atoms with van der Waals surface area (Å²) in [6, 6.07) is 0. The number of carbonyl (C=O) groups is 1. The SMILES string of the molecule is COC(=O)C[C@@H]1C(C)CC[C@@H]2C(C)(C)CCC[C@@]12C. The van der Waals surface area contributed by atoms with Crippen molar-refractivity contribution in [1.29, 1.82) is 0 Å². The molecule has 2 aliphatic carbocycles. The number of fused-ring (bicyclic) bond motifs is 1. The molecule has 2 fully saturated rings. The minimum Gasteiger partial charge on any atom is -0.469 e. The first-order chi connectivity index (χ1) is 8.81. The standard InChI is InChI=1S/C17H30O2/c1-12-7-8-14-16(2,3)9-6-10-17(14,4)13(12)11-15(18)19-5/h12-14H,6-11H2,1-5H3/t12?,13-,14-,17+/m1/s1. The molecule has 0 aromatic heterocycles. The quantitative estimate of drug-likeness (QED) is 0.691. The van der Waals surface area contributed by atoms with Gasteiger partial charge in [-0.25, -0.2) is 0 Å².